The summed E-state index contributed by atoms with van der Waals surface area (Å²) in [5.41, 5.74) is 2.68. The second-order valence-corrected chi connectivity index (χ2v) is 5.13. The van der Waals surface area contributed by atoms with E-state index >= 15 is 0 Å². The Balaban J connectivity index is 2.25. The van der Waals surface area contributed by atoms with Gasteiger partial charge in [-0.3, -0.25) is 14.6 Å². The van der Waals surface area contributed by atoms with Crippen molar-refractivity contribution >= 4 is 5.91 Å². The van der Waals surface area contributed by atoms with E-state index < -0.39 is 5.66 Å². The van der Waals surface area contributed by atoms with Crippen molar-refractivity contribution in [3.63, 3.8) is 0 Å². The van der Waals surface area contributed by atoms with Crippen molar-refractivity contribution in [1.82, 2.24) is 15.4 Å². The van der Waals surface area contributed by atoms with Gasteiger partial charge >= 0.3 is 0 Å². The van der Waals surface area contributed by atoms with Gasteiger partial charge in [-0.15, -0.1) is 0 Å². The van der Waals surface area contributed by atoms with Crippen LogP contribution < -0.4 is 5.32 Å². The van der Waals surface area contributed by atoms with Gasteiger partial charge in [-0.05, 0) is 18.6 Å². The average Bonchev–Trinajstić information content (AvgIpc) is 2.82. The second-order valence-electron chi connectivity index (χ2n) is 5.13. The number of rotatable bonds is 3. The van der Waals surface area contributed by atoms with Gasteiger partial charge in [0.1, 0.15) is 0 Å². The molecule has 108 valence electrons. The van der Waals surface area contributed by atoms with Crippen molar-refractivity contribution in [2.75, 3.05) is 14.2 Å². The maximum Gasteiger partial charge on any atom is 0.255 e. The lowest BCUT2D eigenvalue weighted by Gasteiger charge is -2.37. The molecule has 5 nitrogen and oxygen atoms in total. The van der Waals surface area contributed by atoms with Crippen LogP contribution in [-0.2, 0) is 10.5 Å². The van der Waals surface area contributed by atoms with Crippen LogP contribution in [0.3, 0.4) is 0 Å². The topological polar surface area (TPSA) is 54.5 Å². The average molecular weight is 283 g/mol. The number of fused-ring (bicyclic) bond motifs is 1. The highest BCUT2D eigenvalue weighted by Crippen LogP contribution is 2.38. The summed E-state index contributed by atoms with van der Waals surface area (Å²) < 4.78 is 0. The minimum Gasteiger partial charge on any atom is -0.324 e. The molecule has 5 heteroatoms. The number of carbonyl (C=O) groups excluding carboxylic acids is 1. The Bertz CT molecular complexity index is 684. The molecule has 1 atom stereocenters. The fourth-order valence-electron chi connectivity index (χ4n) is 2.78. The highest BCUT2D eigenvalue weighted by atomic mass is 16.7. The van der Waals surface area contributed by atoms with Crippen LogP contribution in [0.2, 0.25) is 0 Å². The van der Waals surface area contributed by atoms with Gasteiger partial charge in [0.05, 0.1) is 12.7 Å². The van der Waals surface area contributed by atoms with E-state index in [1.165, 1.54) is 0 Å². The van der Waals surface area contributed by atoms with Gasteiger partial charge < -0.3 is 5.32 Å². The lowest BCUT2D eigenvalue weighted by molar-refractivity contribution is -0.178. The Kier molecular flexibility index (Phi) is 3.23. The van der Waals surface area contributed by atoms with E-state index in [2.05, 4.69) is 10.3 Å². The number of pyridine rings is 1. The number of amides is 1. The van der Waals surface area contributed by atoms with Crippen molar-refractivity contribution in [2.45, 2.75) is 12.6 Å². The van der Waals surface area contributed by atoms with Gasteiger partial charge in [-0.25, -0.2) is 0 Å². The molecular formula is C16H17N3O2. The molecule has 2 aromatic rings. The molecule has 0 aliphatic carbocycles. The third-order valence-corrected chi connectivity index (χ3v) is 3.97. The minimum absolute atomic E-state index is 0.150. The van der Waals surface area contributed by atoms with E-state index in [9.17, 15) is 4.79 Å². The van der Waals surface area contributed by atoms with E-state index in [0.717, 1.165) is 16.7 Å². The summed E-state index contributed by atoms with van der Waals surface area (Å²) in [5, 5.41) is 4.70. The van der Waals surface area contributed by atoms with E-state index in [-0.39, 0.29) is 5.91 Å². The maximum atomic E-state index is 12.3. The number of aryl methyl sites for hydroxylation is 1. The Morgan fingerprint density at radius 1 is 1.24 bits per heavy atom. The lowest BCUT2D eigenvalue weighted by atomic mass is 9.91. The fraction of sp³-hybridized carbons (Fsp3) is 0.250. The number of hydroxylamine groups is 2. The van der Waals surface area contributed by atoms with Crippen molar-refractivity contribution in [1.29, 1.82) is 0 Å². The highest BCUT2D eigenvalue weighted by Gasteiger charge is 2.48. The number of aromatic nitrogens is 1. The number of nitrogens with zero attached hydrogens (tertiary/aromatic N) is 2. The number of hydrogen-bond acceptors (Lipinski definition) is 4. The van der Waals surface area contributed by atoms with E-state index in [1.54, 1.807) is 31.6 Å². The summed E-state index contributed by atoms with van der Waals surface area (Å²) in [6.45, 7) is 2.03. The second kappa shape index (κ2) is 4.95. The lowest BCUT2D eigenvalue weighted by Crippen LogP contribution is -2.52. The summed E-state index contributed by atoms with van der Waals surface area (Å²) in [5.74, 6) is -0.150. The van der Waals surface area contributed by atoms with Gasteiger partial charge in [0.15, 0.2) is 5.66 Å². The standard InChI is InChI=1S/C16H17N3O2/c1-11-4-6-12(7-5-11)16(19(2)21-3)14-8-9-17-10-13(14)15(20)18-16/h4-10H,1-3H3,(H,18,20). The van der Waals surface area contributed by atoms with Crippen LogP contribution >= 0.6 is 0 Å². The monoisotopic (exact) mass is 283 g/mol. The predicted molar refractivity (Wildman–Crippen MR) is 78.4 cm³/mol. The molecule has 0 radical (unpaired) electrons. The molecule has 0 saturated carbocycles. The first-order valence-corrected chi connectivity index (χ1v) is 6.71. The van der Waals surface area contributed by atoms with Crippen LogP contribution in [0.15, 0.2) is 42.7 Å². The smallest absolute Gasteiger partial charge is 0.255 e. The van der Waals surface area contributed by atoms with Crippen LogP contribution in [0.5, 0.6) is 0 Å². The molecule has 1 N–H and O–H groups in total. The van der Waals surface area contributed by atoms with Gasteiger partial charge in [0.25, 0.3) is 5.91 Å². The largest absolute Gasteiger partial charge is 0.324 e. The molecule has 0 saturated heterocycles. The molecule has 1 aliphatic rings. The quantitative estimate of drug-likeness (QED) is 0.873. The van der Waals surface area contributed by atoms with Crippen LogP contribution in [0.1, 0.15) is 27.0 Å². The van der Waals surface area contributed by atoms with Gasteiger partial charge in [0, 0.05) is 25.0 Å². The summed E-state index contributed by atoms with van der Waals surface area (Å²) in [7, 11) is 3.39. The van der Waals surface area contributed by atoms with E-state index in [0.29, 0.717) is 5.56 Å². The summed E-state index contributed by atoms with van der Waals surface area (Å²) in [4.78, 5) is 21.8. The molecule has 1 amide bonds. The number of benzene rings is 1. The molecule has 1 aromatic carbocycles. The molecule has 0 spiro atoms. The molecule has 1 aromatic heterocycles. The molecule has 2 heterocycles. The first-order valence-electron chi connectivity index (χ1n) is 6.71. The molecular weight excluding hydrogens is 266 g/mol. The summed E-state index contributed by atoms with van der Waals surface area (Å²) in [6.07, 6.45) is 3.27. The molecule has 0 bridgehead atoms. The minimum atomic E-state index is -0.836. The maximum absolute atomic E-state index is 12.3. The van der Waals surface area contributed by atoms with Crippen LogP contribution in [0.25, 0.3) is 0 Å². The zero-order valence-electron chi connectivity index (χ0n) is 12.3. The first kappa shape index (κ1) is 13.7. The molecule has 1 aliphatic heterocycles. The van der Waals surface area contributed by atoms with Crippen molar-refractivity contribution in [3.05, 3.63) is 65.0 Å². The molecule has 0 fully saturated rings. The normalized spacial score (nSPS) is 20.5. The Morgan fingerprint density at radius 3 is 2.62 bits per heavy atom. The van der Waals surface area contributed by atoms with Crippen molar-refractivity contribution in [2.24, 2.45) is 0 Å². The third kappa shape index (κ3) is 1.93. The highest BCUT2D eigenvalue weighted by molar-refractivity contribution is 6.00. The molecule has 3 rings (SSSR count). The SMILES string of the molecule is CON(C)C1(c2ccc(C)cc2)NC(=O)c2cnccc21. The fourth-order valence-corrected chi connectivity index (χ4v) is 2.78. The van der Waals surface area contributed by atoms with Gasteiger partial charge in [-0.2, -0.15) is 5.06 Å². The van der Waals surface area contributed by atoms with Crippen LogP contribution in [0, 0.1) is 6.92 Å². The summed E-state index contributed by atoms with van der Waals surface area (Å²) >= 11 is 0. The number of carbonyl (C=O) groups is 1. The molecule has 21 heavy (non-hydrogen) atoms. The zero-order valence-corrected chi connectivity index (χ0v) is 12.3. The van der Waals surface area contributed by atoms with Crippen LogP contribution in [0.4, 0.5) is 0 Å². The van der Waals surface area contributed by atoms with Gasteiger partial charge in [0.2, 0.25) is 0 Å². The van der Waals surface area contributed by atoms with E-state index in [1.807, 2.05) is 37.3 Å². The molecule has 1 unspecified atom stereocenters. The predicted octanol–water partition coefficient (Wildman–Crippen LogP) is 1.83. The van der Waals surface area contributed by atoms with E-state index in [4.69, 9.17) is 4.84 Å². The van der Waals surface area contributed by atoms with Crippen molar-refractivity contribution in [3.8, 4) is 0 Å². The summed E-state index contributed by atoms with van der Waals surface area (Å²) in [6, 6.07) is 9.89. The van der Waals surface area contributed by atoms with Crippen LogP contribution in [-0.4, -0.2) is 30.1 Å². The number of hydrogen-bond donors (Lipinski definition) is 1. The van der Waals surface area contributed by atoms with Gasteiger partial charge in [-0.1, -0.05) is 29.8 Å². The Hall–Kier alpha value is -2.24. The Morgan fingerprint density at radius 2 is 1.95 bits per heavy atom. The Labute approximate surface area is 123 Å². The first-order chi connectivity index (χ1) is 10.1. The number of nitrogens with one attached hydrogen (secondary N) is 1. The third-order valence-electron chi connectivity index (χ3n) is 3.97. The zero-order chi connectivity index (χ0) is 15.0. The van der Waals surface area contributed by atoms with Crippen molar-refractivity contribution < 1.29 is 9.63 Å².